The van der Waals surface area contributed by atoms with Crippen LogP contribution in [-0.4, -0.2) is 31.7 Å². The van der Waals surface area contributed by atoms with Gasteiger partial charge in [0.1, 0.15) is 4.83 Å². The highest BCUT2D eigenvalue weighted by atomic mass is 79.9. The fraction of sp³-hybridized carbons (Fsp3) is 0.429. The van der Waals surface area contributed by atoms with Crippen molar-refractivity contribution in [3.63, 3.8) is 0 Å². The van der Waals surface area contributed by atoms with Gasteiger partial charge in [-0.3, -0.25) is 9.59 Å². The molecule has 0 aromatic heterocycles. The number of benzene rings is 1. The summed E-state index contributed by atoms with van der Waals surface area (Å²) in [4.78, 5) is 23.0. The molecule has 0 bridgehead atoms. The Hall–Kier alpha value is -1.07. The first kappa shape index (κ1) is 17.0. The van der Waals surface area contributed by atoms with Crippen LogP contribution < -0.4 is 9.47 Å². The lowest BCUT2D eigenvalue weighted by molar-refractivity contribution is -0.136. The molecule has 0 heterocycles. The Bertz CT molecular complexity index is 490. The monoisotopic (exact) mass is 362 g/mol. The highest BCUT2D eigenvalue weighted by Crippen LogP contribution is 2.33. The number of methoxy groups -OCH3 is 2. The van der Waals surface area contributed by atoms with Crippen LogP contribution in [0.25, 0.3) is 0 Å². The summed E-state index contributed by atoms with van der Waals surface area (Å²) in [6.45, 7) is 0. The highest BCUT2D eigenvalue weighted by molar-refractivity contribution is 9.09. The van der Waals surface area contributed by atoms with Crippen LogP contribution in [0.15, 0.2) is 18.2 Å². The minimum Gasteiger partial charge on any atom is -0.493 e. The molecule has 1 atom stereocenters. The van der Waals surface area contributed by atoms with Crippen LogP contribution in [0.1, 0.15) is 23.2 Å². The van der Waals surface area contributed by atoms with Gasteiger partial charge in [-0.2, -0.15) is 0 Å². The predicted molar refractivity (Wildman–Crippen MR) is 81.2 cm³/mol. The zero-order valence-electron chi connectivity index (χ0n) is 11.3. The normalized spacial score (nSPS) is 11.8. The number of ketones is 2. The predicted octanol–water partition coefficient (Wildman–Crippen LogP) is 3.30. The molecule has 1 aromatic carbocycles. The van der Waals surface area contributed by atoms with Gasteiger partial charge in [-0.05, 0) is 24.1 Å². The number of halogens is 2. The second-order valence-electron chi connectivity index (χ2n) is 4.06. The summed E-state index contributed by atoms with van der Waals surface area (Å²) in [5.74, 6) is 0.527. The Kier molecular flexibility index (Phi) is 7.02. The number of carbonyl (C=O) groups excluding carboxylic acids is 2. The molecule has 4 nitrogen and oxygen atoms in total. The molecule has 0 amide bonds. The van der Waals surface area contributed by atoms with E-state index in [4.69, 9.17) is 21.1 Å². The van der Waals surface area contributed by atoms with Gasteiger partial charge >= 0.3 is 0 Å². The summed E-state index contributed by atoms with van der Waals surface area (Å²) < 4.78 is 10.3. The molecule has 0 aliphatic heterocycles. The Labute approximate surface area is 131 Å². The summed E-state index contributed by atoms with van der Waals surface area (Å²) in [7, 11) is 3.04. The average Bonchev–Trinajstić information content (AvgIpc) is 2.50. The van der Waals surface area contributed by atoms with E-state index in [-0.39, 0.29) is 6.42 Å². The van der Waals surface area contributed by atoms with Crippen molar-refractivity contribution in [2.24, 2.45) is 0 Å². The fourth-order valence-corrected chi connectivity index (χ4v) is 2.33. The van der Waals surface area contributed by atoms with Gasteiger partial charge in [-0.1, -0.05) is 22.0 Å². The van der Waals surface area contributed by atoms with Gasteiger partial charge in [0.05, 0.1) is 14.2 Å². The van der Waals surface area contributed by atoms with Gasteiger partial charge in [0.15, 0.2) is 17.3 Å². The standard InChI is InChI=1S/C14H16BrClO4/c1-19-11-6-5-9(8-12(11)20-2)13(15)14(18)10(17)4-3-7-16/h5-6,8,13H,3-4,7H2,1-2H3. The lowest BCUT2D eigenvalue weighted by atomic mass is 10.0. The van der Waals surface area contributed by atoms with Crippen molar-refractivity contribution in [3.05, 3.63) is 23.8 Å². The third-order valence-electron chi connectivity index (χ3n) is 2.74. The first-order valence-corrected chi connectivity index (χ1v) is 7.49. The minimum atomic E-state index is -0.690. The molecule has 6 heteroatoms. The molecular weight excluding hydrogens is 348 g/mol. The summed E-state index contributed by atoms with van der Waals surface area (Å²) in [6, 6.07) is 5.08. The van der Waals surface area contributed by atoms with Gasteiger partial charge in [0.2, 0.25) is 5.78 Å². The Balaban J connectivity index is 2.88. The summed E-state index contributed by atoms with van der Waals surface area (Å²) in [5.41, 5.74) is 0.645. The lowest BCUT2D eigenvalue weighted by Gasteiger charge is -2.12. The molecule has 1 aromatic rings. The van der Waals surface area contributed by atoms with Crippen LogP contribution in [0.5, 0.6) is 11.5 Å². The van der Waals surface area contributed by atoms with Gasteiger partial charge in [0.25, 0.3) is 0 Å². The molecule has 0 spiro atoms. The molecule has 20 heavy (non-hydrogen) atoms. The van der Waals surface area contributed by atoms with E-state index >= 15 is 0 Å². The second-order valence-corrected chi connectivity index (χ2v) is 5.35. The molecule has 0 fully saturated rings. The van der Waals surface area contributed by atoms with E-state index in [9.17, 15) is 9.59 Å². The SMILES string of the molecule is COc1ccc(C(Br)C(=O)C(=O)CCCCl)cc1OC. The van der Waals surface area contributed by atoms with Crippen LogP contribution in [-0.2, 0) is 9.59 Å². The van der Waals surface area contributed by atoms with Gasteiger partial charge < -0.3 is 9.47 Å². The second kappa shape index (κ2) is 8.27. The maximum atomic E-state index is 12.0. The molecule has 0 saturated carbocycles. The van der Waals surface area contributed by atoms with E-state index in [2.05, 4.69) is 15.9 Å². The van der Waals surface area contributed by atoms with Crippen LogP contribution in [0, 0.1) is 0 Å². The largest absolute Gasteiger partial charge is 0.493 e. The smallest absolute Gasteiger partial charge is 0.216 e. The number of alkyl halides is 2. The molecule has 0 N–H and O–H groups in total. The van der Waals surface area contributed by atoms with Crippen molar-refractivity contribution < 1.29 is 19.1 Å². The van der Waals surface area contributed by atoms with Crippen LogP contribution in [0.4, 0.5) is 0 Å². The van der Waals surface area contributed by atoms with E-state index in [1.54, 1.807) is 18.2 Å². The van der Waals surface area contributed by atoms with Crippen LogP contribution in [0.2, 0.25) is 0 Å². The van der Waals surface area contributed by atoms with Gasteiger partial charge in [-0.15, -0.1) is 11.6 Å². The summed E-state index contributed by atoms with van der Waals surface area (Å²) in [5, 5.41) is 0. The molecule has 110 valence electrons. The number of carbonyl (C=O) groups is 2. The first-order valence-electron chi connectivity index (χ1n) is 6.04. The summed E-state index contributed by atoms with van der Waals surface area (Å²) in [6.07, 6.45) is 0.662. The Morgan fingerprint density at radius 3 is 2.45 bits per heavy atom. The highest BCUT2D eigenvalue weighted by Gasteiger charge is 2.24. The zero-order valence-corrected chi connectivity index (χ0v) is 13.7. The molecule has 1 unspecified atom stereocenters. The molecule has 0 saturated heterocycles. The number of Topliss-reactive ketones (excluding diaryl/α,β-unsaturated/α-hetero) is 2. The number of rotatable bonds is 8. The van der Waals surface area contributed by atoms with E-state index in [1.165, 1.54) is 14.2 Å². The average molecular weight is 364 g/mol. The quantitative estimate of drug-likeness (QED) is 0.525. The minimum absolute atomic E-state index is 0.164. The molecular formula is C14H16BrClO4. The topological polar surface area (TPSA) is 52.6 Å². The van der Waals surface area contributed by atoms with E-state index in [0.717, 1.165) is 0 Å². The lowest BCUT2D eigenvalue weighted by Crippen LogP contribution is -2.18. The van der Waals surface area contributed by atoms with Crippen molar-refractivity contribution in [2.75, 3.05) is 20.1 Å². The van der Waals surface area contributed by atoms with E-state index < -0.39 is 16.4 Å². The van der Waals surface area contributed by atoms with Crippen molar-refractivity contribution in [3.8, 4) is 11.5 Å². The number of hydrogen-bond acceptors (Lipinski definition) is 4. The van der Waals surface area contributed by atoms with Gasteiger partial charge in [-0.25, -0.2) is 0 Å². The number of hydrogen-bond donors (Lipinski definition) is 0. The maximum Gasteiger partial charge on any atom is 0.216 e. The van der Waals surface area contributed by atoms with Crippen molar-refractivity contribution in [1.82, 2.24) is 0 Å². The van der Waals surface area contributed by atoms with Gasteiger partial charge in [0, 0.05) is 12.3 Å². The summed E-state index contributed by atoms with van der Waals surface area (Å²) >= 11 is 8.77. The number of ether oxygens (including phenoxy) is 2. The van der Waals surface area contributed by atoms with Crippen LogP contribution >= 0.6 is 27.5 Å². The molecule has 0 radical (unpaired) electrons. The van der Waals surface area contributed by atoms with Crippen molar-refractivity contribution in [1.29, 1.82) is 0 Å². The first-order chi connectivity index (χ1) is 9.54. The Morgan fingerprint density at radius 1 is 1.25 bits per heavy atom. The van der Waals surface area contributed by atoms with Crippen LogP contribution in [0.3, 0.4) is 0 Å². The third kappa shape index (κ3) is 4.21. The zero-order chi connectivity index (χ0) is 15.1. The van der Waals surface area contributed by atoms with E-state index in [0.29, 0.717) is 29.4 Å². The molecule has 0 aliphatic carbocycles. The van der Waals surface area contributed by atoms with Crippen molar-refractivity contribution >= 4 is 39.1 Å². The van der Waals surface area contributed by atoms with Crippen molar-refractivity contribution in [2.45, 2.75) is 17.7 Å². The molecule has 1 rings (SSSR count). The third-order valence-corrected chi connectivity index (χ3v) is 3.95. The fourth-order valence-electron chi connectivity index (χ4n) is 1.65. The van der Waals surface area contributed by atoms with E-state index in [1.807, 2.05) is 0 Å². The molecule has 0 aliphatic rings. The maximum absolute atomic E-state index is 12.0. The Morgan fingerprint density at radius 2 is 1.90 bits per heavy atom.